The Morgan fingerprint density at radius 3 is 2.42 bits per heavy atom. The number of carbonyl (C=O) groups excluding carboxylic acids is 2. The second kappa shape index (κ2) is 8.67. The third-order valence-electron chi connectivity index (χ3n) is 4.34. The van der Waals surface area contributed by atoms with Gasteiger partial charge >= 0.3 is 0 Å². The van der Waals surface area contributed by atoms with Gasteiger partial charge in [-0.2, -0.15) is 0 Å². The minimum absolute atomic E-state index is 0.0132. The molecule has 7 heteroatoms. The fourth-order valence-corrected chi connectivity index (χ4v) is 2.96. The maximum Gasteiger partial charge on any atom is 0.260 e. The van der Waals surface area contributed by atoms with Crippen LogP contribution in [0, 0.1) is 5.92 Å². The molecule has 1 aliphatic heterocycles. The molecular weight excluding hydrogens is 354 g/mol. The first-order valence-corrected chi connectivity index (χ1v) is 8.86. The Balaban J connectivity index is 1.43. The molecule has 0 spiro atoms. The van der Waals surface area contributed by atoms with Crippen molar-refractivity contribution in [1.29, 1.82) is 0 Å². The molecule has 1 aliphatic rings. The van der Waals surface area contributed by atoms with Crippen molar-refractivity contribution < 1.29 is 14.3 Å². The average Bonchev–Trinajstić information content (AvgIpc) is 2.68. The molecule has 1 aromatic heterocycles. The molecule has 0 saturated carbocycles. The first-order chi connectivity index (χ1) is 12.6. The molecule has 0 unspecified atom stereocenters. The lowest BCUT2D eigenvalue weighted by molar-refractivity contribution is -0.136. The van der Waals surface area contributed by atoms with Crippen molar-refractivity contribution in [3.05, 3.63) is 53.8 Å². The monoisotopic (exact) mass is 373 g/mol. The Hall–Kier alpha value is -2.60. The van der Waals surface area contributed by atoms with E-state index in [2.05, 4.69) is 10.3 Å². The number of amides is 2. The predicted octanol–water partition coefficient (Wildman–Crippen LogP) is 2.99. The third kappa shape index (κ3) is 4.95. The van der Waals surface area contributed by atoms with Gasteiger partial charge in [-0.25, -0.2) is 0 Å². The number of hydrogen-bond donors (Lipinski definition) is 1. The van der Waals surface area contributed by atoms with Crippen LogP contribution in [0.15, 0.2) is 48.8 Å². The first kappa shape index (κ1) is 18.2. The summed E-state index contributed by atoms with van der Waals surface area (Å²) in [6, 6.07) is 10.4. The number of aromatic nitrogens is 1. The summed E-state index contributed by atoms with van der Waals surface area (Å²) in [7, 11) is 0. The quantitative estimate of drug-likeness (QED) is 0.874. The van der Waals surface area contributed by atoms with Crippen LogP contribution in [0.5, 0.6) is 5.75 Å². The summed E-state index contributed by atoms with van der Waals surface area (Å²) in [6.07, 6.45) is 4.56. The molecule has 1 N–H and O–H groups in total. The minimum atomic E-state index is -0.0931. The molecular formula is C19H20ClN3O3. The number of rotatable bonds is 5. The van der Waals surface area contributed by atoms with Gasteiger partial charge in [-0.05, 0) is 49.2 Å². The van der Waals surface area contributed by atoms with E-state index in [0.29, 0.717) is 36.7 Å². The number of ether oxygens (including phenoxy) is 1. The standard InChI is InChI=1S/C19H20ClN3O3/c20-15-1-3-17(4-2-15)26-13-18(24)23-11-7-14(8-12-23)19(25)22-16-5-9-21-10-6-16/h1-6,9-10,14H,7-8,11-13H2,(H,21,22,25). The number of piperidine rings is 1. The number of nitrogens with one attached hydrogen (secondary N) is 1. The number of nitrogens with zero attached hydrogens (tertiary/aromatic N) is 2. The third-order valence-corrected chi connectivity index (χ3v) is 4.59. The zero-order valence-electron chi connectivity index (χ0n) is 14.2. The first-order valence-electron chi connectivity index (χ1n) is 8.49. The van der Waals surface area contributed by atoms with Crippen molar-refractivity contribution in [3.63, 3.8) is 0 Å². The number of pyridine rings is 1. The van der Waals surface area contributed by atoms with Crippen LogP contribution in [0.2, 0.25) is 5.02 Å². The molecule has 1 fully saturated rings. The smallest absolute Gasteiger partial charge is 0.260 e. The topological polar surface area (TPSA) is 71.5 Å². The molecule has 26 heavy (non-hydrogen) atoms. The molecule has 0 aliphatic carbocycles. The second-order valence-corrected chi connectivity index (χ2v) is 6.56. The highest BCUT2D eigenvalue weighted by atomic mass is 35.5. The Morgan fingerprint density at radius 1 is 1.12 bits per heavy atom. The van der Waals surface area contributed by atoms with Gasteiger partial charge in [0.2, 0.25) is 5.91 Å². The van der Waals surface area contributed by atoms with Crippen LogP contribution in [-0.4, -0.2) is 41.4 Å². The Labute approximate surface area is 157 Å². The van der Waals surface area contributed by atoms with Crippen LogP contribution >= 0.6 is 11.6 Å². The Kier molecular flexibility index (Phi) is 6.07. The molecule has 3 rings (SSSR count). The van der Waals surface area contributed by atoms with E-state index in [1.807, 2.05) is 0 Å². The molecule has 2 heterocycles. The molecule has 1 saturated heterocycles. The van der Waals surface area contributed by atoms with E-state index in [0.717, 1.165) is 5.69 Å². The number of likely N-dealkylation sites (tertiary alicyclic amines) is 1. The molecule has 6 nitrogen and oxygen atoms in total. The zero-order chi connectivity index (χ0) is 18.4. The maximum atomic E-state index is 12.3. The van der Waals surface area contributed by atoms with Gasteiger partial charge in [0.1, 0.15) is 5.75 Å². The van der Waals surface area contributed by atoms with E-state index >= 15 is 0 Å². The van der Waals surface area contributed by atoms with Crippen LogP contribution < -0.4 is 10.1 Å². The summed E-state index contributed by atoms with van der Waals surface area (Å²) >= 11 is 5.82. The SMILES string of the molecule is O=C(Nc1ccncc1)C1CCN(C(=O)COc2ccc(Cl)cc2)CC1. The highest BCUT2D eigenvalue weighted by Gasteiger charge is 2.27. The van der Waals surface area contributed by atoms with Crippen LogP contribution in [0.25, 0.3) is 0 Å². The summed E-state index contributed by atoms with van der Waals surface area (Å²) in [5.74, 6) is 0.424. The second-order valence-electron chi connectivity index (χ2n) is 6.12. The van der Waals surface area contributed by atoms with Gasteiger partial charge in [0.25, 0.3) is 5.91 Å². The zero-order valence-corrected chi connectivity index (χ0v) is 15.0. The molecule has 0 bridgehead atoms. The van der Waals surface area contributed by atoms with Crippen molar-refractivity contribution in [1.82, 2.24) is 9.88 Å². The van der Waals surface area contributed by atoms with Crippen molar-refractivity contribution in [2.75, 3.05) is 25.0 Å². The van der Waals surface area contributed by atoms with E-state index in [4.69, 9.17) is 16.3 Å². The van der Waals surface area contributed by atoms with E-state index in [9.17, 15) is 9.59 Å². The molecule has 0 atom stereocenters. The number of benzene rings is 1. The summed E-state index contributed by atoms with van der Waals surface area (Å²) in [5, 5.41) is 3.51. The fourth-order valence-electron chi connectivity index (χ4n) is 2.84. The van der Waals surface area contributed by atoms with Gasteiger partial charge in [0, 0.05) is 42.1 Å². The lowest BCUT2D eigenvalue weighted by Crippen LogP contribution is -2.43. The Bertz CT molecular complexity index is 744. The van der Waals surface area contributed by atoms with E-state index in [1.54, 1.807) is 53.7 Å². The van der Waals surface area contributed by atoms with Gasteiger partial charge < -0.3 is 15.0 Å². The van der Waals surface area contributed by atoms with Crippen LogP contribution in [-0.2, 0) is 9.59 Å². The van der Waals surface area contributed by atoms with Gasteiger partial charge in [-0.1, -0.05) is 11.6 Å². The van der Waals surface area contributed by atoms with Crippen molar-refractivity contribution in [3.8, 4) is 5.75 Å². The summed E-state index contributed by atoms with van der Waals surface area (Å²) < 4.78 is 5.49. The molecule has 136 valence electrons. The van der Waals surface area contributed by atoms with Crippen LogP contribution in [0.4, 0.5) is 5.69 Å². The largest absolute Gasteiger partial charge is 0.484 e. The molecule has 2 aromatic rings. The van der Waals surface area contributed by atoms with Crippen molar-refractivity contribution in [2.45, 2.75) is 12.8 Å². The highest BCUT2D eigenvalue weighted by molar-refractivity contribution is 6.30. The number of carbonyl (C=O) groups is 2. The van der Waals surface area contributed by atoms with Gasteiger partial charge in [0.05, 0.1) is 0 Å². The number of anilines is 1. The lowest BCUT2D eigenvalue weighted by atomic mass is 9.96. The van der Waals surface area contributed by atoms with Crippen LogP contribution in [0.1, 0.15) is 12.8 Å². The molecule has 2 amide bonds. The lowest BCUT2D eigenvalue weighted by Gasteiger charge is -2.31. The highest BCUT2D eigenvalue weighted by Crippen LogP contribution is 2.20. The maximum absolute atomic E-state index is 12.3. The summed E-state index contributed by atoms with van der Waals surface area (Å²) in [4.78, 5) is 30.3. The van der Waals surface area contributed by atoms with Gasteiger partial charge in [-0.15, -0.1) is 0 Å². The van der Waals surface area contributed by atoms with Crippen molar-refractivity contribution >= 4 is 29.1 Å². The molecule has 1 aromatic carbocycles. The summed E-state index contributed by atoms with van der Waals surface area (Å²) in [6.45, 7) is 1.09. The molecule has 0 radical (unpaired) electrons. The average molecular weight is 374 g/mol. The predicted molar refractivity (Wildman–Crippen MR) is 99.1 cm³/mol. The normalized spacial score (nSPS) is 14.7. The number of hydrogen-bond acceptors (Lipinski definition) is 4. The Morgan fingerprint density at radius 2 is 1.77 bits per heavy atom. The van der Waals surface area contributed by atoms with Crippen LogP contribution in [0.3, 0.4) is 0 Å². The van der Waals surface area contributed by atoms with Gasteiger partial charge in [-0.3, -0.25) is 14.6 Å². The fraction of sp³-hybridized carbons (Fsp3) is 0.316. The van der Waals surface area contributed by atoms with E-state index in [-0.39, 0.29) is 24.3 Å². The van der Waals surface area contributed by atoms with E-state index in [1.165, 1.54) is 0 Å². The van der Waals surface area contributed by atoms with Gasteiger partial charge in [0.15, 0.2) is 6.61 Å². The summed E-state index contributed by atoms with van der Waals surface area (Å²) in [5.41, 5.74) is 0.736. The van der Waals surface area contributed by atoms with Crippen molar-refractivity contribution in [2.24, 2.45) is 5.92 Å². The minimum Gasteiger partial charge on any atom is -0.484 e. The number of halogens is 1. The van der Waals surface area contributed by atoms with E-state index < -0.39 is 0 Å².